The molecule has 2 heterocycles. The molecule has 0 saturated heterocycles. The van der Waals surface area contributed by atoms with Crippen LogP contribution in [0.4, 0.5) is 5.69 Å². The molecule has 2 aromatic carbocycles. The first kappa shape index (κ1) is 17.5. The van der Waals surface area contributed by atoms with Gasteiger partial charge in [-0.1, -0.05) is 6.07 Å². The van der Waals surface area contributed by atoms with Gasteiger partial charge in [-0.2, -0.15) is 5.26 Å². The molecule has 28 heavy (non-hydrogen) atoms. The SMILES string of the molecule is N#C/C(=C/c1ccc(O)c([N+](=O)[O-])c1)c1nc(-c2ccc3c(c2)OCO3)cs1. The number of phenolic OH excluding ortho intramolecular Hbond substituents is 1. The van der Waals surface area contributed by atoms with Crippen LogP contribution in [0.25, 0.3) is 22.9 Å². The summed E-state index contributed by atoms with van der Waals surface area (Å²) in [5, 5.41) is 32.3. The molecule has 3 aromatic rings. The Morgan fingerprint density at radius 3 is 2.89 bits per heavy atom. The summed E-state index contributed by atoms with van der Waals surface area (Å²) in [6.45, 7) is 0.182. The Bertz CT molecular complexity index is 1160. The third kappa shape index (κ3) is 3.24. The molecule has 0 unspecified atom stereocenters. The number of hydrogen-bond acceptors (Lipinski definition) is 8. The van der Waals surface area contributed by atoms with E-state index in [0.29, 0.717) is 27.8 Å². The zero-order valence-corrected chi connectivity index (χ0v) is 15.0. The number of aromatic hydroxyl groups is 1. The predicted octanol–water partition coefficient (Wildman–Crippen LogP) is 4.22. The molecule has 1 aliphatic heterocycles. The minimum absolute atomic E-state index is 0.182. The van der Waals surface area contributed by atoms with E-state index >= 15 is 0 Å². The van der Waals surface area contributed by atoms with E-state index in [0.717, 1.165) is 5.56 Å². The molecule has 4 rings (SSSR count). The minimum Gasteiger partial charge on any atom is -0.502 e. The summed E-state index contributed by atoms with van der Waals surface area (Å²) < 4.78 is 10.7. The molecule has 138 valence electrons. The average molecular weight is 393 g/mol. The van der Waals surface area contributed by atoms with Crippen molar-refractivity contribution in [3.63, 3.8) is 0 Å². The van der Waals surface area contributed by atoms with Crippen LogP contribution in [0, 0.1) is 21.4 Å². The van der Waals surface area contributed by atoms with Crippen LogP contribution in [0.2, 0.25) is 0 Å². The molecular weight excluding hydrogens is 382 g/mol. The summed E-state index contributed by atoms with van der Waals surface area (Å²) in [7, 11) is 0. The summed E-state index contributed by atoms with van der Waals surface area (Å²) in [4.78, 5) is 14.8. The van der Waals surface area contributed by atoms with Gasteiger partial charge in [-0.15, -0.1) is 11.3 Å². The Hall–Kier alpha value is -3.90. The summed E-state index contributed by atoms with van der Waals surface area (Å²) in [5.41, 5.74) is 1.75. The molecule has 1 aromatic heterocycles. The Morgan fingerprint density at radius 1 is 1.29 bits per heavy atom. The van der Waals surface area contributed by atoms with Crippen molar-refractivity contribution in [1.29, 1.82) is 5.26 Å². The number of benzene rings is 2. The van der Waals surface area contributed by atoms with Gasteiger partial charge < -0.3 is 14.6 Å². The Balaban J connectivity index is 1.67. The van der Waals surface area contributed by atoms with Crippen molar-refractivity contribution in [2.24, 2.45) is 0 Å². The minimum atomic E-state index is -0.681. The maximum atomic E-state index is 11.0. The molecule has 1 N–H and O–H groups in total. The van der Waals surface area contributed by atoms with Gasteiger partial charge in [0.05, 0.1) is 16.2 Å². The number of nitro groups is 1. The summed E-state index contributed by atoms with van der Waals surface area (Å²) in [6.07, 6.45) is 1.49. The van der Waals surface area contributed by atoms with Gasteiger partial charge in [-0.05, 0) is 35.9 Å². The molecule has 0 saturated carbocycles. The molecule has 0 amide bonds. The molecule has 0 spiro atoms. The molecule has 0 fully saturated rings. The van der Waals surface area contributed by atoms with E-state index in [1.54, 1.807) is 6.07 Å². The van der Waals surface area contributed by atoms with Crippen molar-refractivity contribution in [2.45, 2.75) is 0 Å². The highest BCUT2D eigenvalue weighted by molar-refractivity contribution is 7.11. The van der Waals surface area contributed by atoms with Crippen LogP contribution in [-0.2, 0) is 0 Å². The normalized spacial score (nSPS) is 12.6. The highest BCUT2D eigenvalue weighted by Gasteiger charge is 2.17. The summed E-state index contributed by atoms with van der Waals surface area (Å²) in [6, 6.07) is 11.5. The third-order valence-electron chi connectivity index (χ3n) is 4.03. The molecule has 9 heteroatoms. The molecule has 1 aliphatic rings. The Kier molecular flexibility index (Phi) is 4.39. The lowest BCUT2D eigenvalue weighted by Gasteiger charge is -2.00. The second-order valence-corrected chi connectivity index (χ2v) is 6.64. The van der Waals surface area contributed by atoms with Gasteiger partial charge in [0.2, 0.25) is 6.79 Å². The molecule has 0 radical (unpaired) electrons. The number of hydrogen-bond donors (Lipinski definition) is 1. The fourth-order valence-electron chi connectivity index (χ4n) is 2.67. The maximum Gasteiger partial charge on any atom is 0.311 e. The van der Waals surface area contributed by atoms with Gasteiger partial charge in [-0.3, -0.25) is 10.1 Å². The van der Waals surface area contributed by atoms with Gasteiger partial charge in [0.25, 0.3) is 0 Å². The first-order valence-electron chi connectivity index (χ1n) is 8.00. The van der Waals surface area contributed by atoms with Crippen LogP contribution in [0.5, 0.6) is 17.2 Å². The number of nitro benzene ring substituents is 1. The summed E-state index contributed by atoms with van der Waals surface area (Å²) in [5.74, 6) is 0.880. The van der Waals surface area contributed by atoms with E-state index in [1.807, 2.05) is 17.5 Å². The fraction of sp³-hybridized carbons (Fsp3) is 0.0526. The number of nitrogens with zero attached hydrogens (tertiary/aromatic N) is 3. The second kappa shape index (κ2) is 7.02. The number of fused-ring (bicyclic) bond motifs is 1. The van der Waals surface area contributed by atoms with Crippen molar-refractivity contribution in [1.82, 2.24) is 4.98 Å². The van der Waals surface area contributed by atoms with Gasteiger partial charge in [0.15, 0.2) is 17.2 Å². The molecule has 0 bridgehead atoms. The van der Waals surface area contributed by atoms with Crippen molar-refractivity contribution < 1.29 is 19.5 Å². The van der Waals surface area contributed by atoms with Crippen LogP contribution in [0.1, 0.15) is 10.6 Å². The number of rotatable bonds is 4. The van der Waals surface area contributed by atoms with Gasteiger partial charge in [-0.25, -0.2) is 4.98 Å². The fourth-order valence-corrected chi connectivity index (χ4v) is 3.47. The number of allylic oxidation sites excluding steroid dienone is 1. The van der Waals surface area contributed by atoms with Crippen molar-refractivity contribution in [3.05, 3.63) is 62.5 Å². The van der Waals surface area contributed by atoms with Crippen LogP contribution in [0.3, 0.4) is 0 Å². The topological polar surface area (TPSA) is 119 Å². The standard InChI is InChI=1S/C19H11N3O5S/c20-8-13(5-11-1-3-16(23)15(6-11)22(24)25)19-21-14(9-28-19)12-2-4-17-18(7-12)27-10-26-17/h1-7,9,23H,10H2/b13-5-. The van der Waals surface area contributed by atoms with E-state index < -0.39 is 16.4 Å². The zero-order chi connectivity index (χ0) is 19.7. The first-order chi connectivity index (χ1) is 13.5. The van der Waals surface area contributed by atoms with E-state index in [9.17, 15) is 20.5 Å². The summed E-state index contributed by atoms with van der Waals surface area (Å²) >= 11 is 1.29. The van der Waals surface area contributed by atoms with Gasteiger partial charge >= 0.3 is 5.69 Å². The molecular formula is C19H11N3O5S. The highest BCUT2D eigenvalue weighted by atomic mass is 32.1. The number of phenols is 1. The van der Waals surface area contributed by atoms with Crippen molar-refractivity contribution in [3.8, 4) is 34.6 Å². The quantitative estimate of drug-likeness (QED) is 0.400. The molecule has 0 aliphatic carbocycles. The maximum absolute atomic E-state index is 11.0. The lowest BCUT2D eigenvalue weighted by Crippen LogP contribution is -1.92. The van der Waals surface area contributed by atoms with E-state index in [2.05, 4.69) is 11.1 Å². The average Bonchev–Trinajstić information content (AvgIpc) is 3.35. The third-order valence-corrected chi connectivity index (χ3v) is 4.91. The lowest BCUT2D eigenvalue weighted by molar-refractivity contribution is -0.385. The first-order valence-corrected chi connectivity index (χ1v) is 8.88. The van der Waals surface area contributed by atoms with Crippen LogP contribution in [-0.4, -0.2) is 21.8 Å². The zero-order valence-electron chi connectivity index (χ0n) is 14.2. The smallest absolute Gasteiger partial charge is 0.311 e. The monoisotopic (exact) mass is 393 g/mol. The van der Waals surface area contributed by atoms with Gasteiger partial charge in [0.1, 0.15) is 11.1 Å². The van der Waals surface area contributed by atoms with Crippen LogP contribution < -0.4 is 9.47 Å². The molecule has 8 nitrogen and oxygen atoms in total. The largest absolute Gasteiger partial charge is 0.502 e. The lowest BCUT2D eigenvalue weighted by atomic mass is 10.1. The highest BCUT2D eigenvalue weighted by Crippen LogP contribution is 2.37. The van der Waals surface area contributed by atoms with Crippen molar-refractivity contribution in [2.75, 3.05) is 6.79 Å². The Morgan fingerprint density at radius 2 is 2.11 bits per heavy atom. The number of thiazole rings is 1. The van der Waals surface area contributed by atoms with E-state index in [1.165, 1.54) is 35.6 Å². The van der Waals surface area contributed by atoms with Crippen molar-refractivity contribution >= 4 is 28.7 Å². The number of aromatic nitrogens is 1. The van der Waals surface area contributed by atoms with E-state index in [4.69, 9.17) is 9.47 Å². The van der Waals surface area contributed by atoms with E-state index in [-0.39, 0.29) is 12.4 Å². The number of ether oxygens (including phenoxy) is 2. The van der Waals surface area contributed by atoms with Crippen LogP contribution >= 0.6 is 11.3 Å². The van der Waals surface area contributed by atoms with Gasteiger partial charge in [0, 0.05) is 17.0 Å². The Labute approximate surface area is 162 Å². The van der Waals surface area contributed by atoms with Crippen LogP contribution in [0.15, 0.2) is 41.8 Å². The number of nitriles is 1. The predicted molar refractivity (Wildman–Crippen MR) is 102 cm³/mol. The second-order valence-electron chi connectivity index (χ2n) is 5.78. The molecule has 0 atom stereocenters.